The van der Waals surface area contributed by atoms with Gasteiger partial charge in [-0.05, 0) is 48.9 Å². The van der Waals surface area contributed by atoms with Crippen molar-refractivity contribution < 1.29 is 13.2 Å². The molecule has 0 aliphatic heterocycles. The van der Waals surface area contributed by atoms with Gasteiger partial charge in [-0.2, -0.15) is 0 Å². The zero-order valence-electron chi connectivity index (χ0n) is 13.0. The quantitative estimate of drug-likeness (QED) is 0.749. The van der Waals surface area contributed by atoms with Gasteiger partial charge in [0, 0.05) is 15.9 Å². The standard InChI is InChI=1S/C17H17BrClNO3S/c1-12(13-2-4-14(18)5-3-13)20-17(21)10-11-24(22,23)16-8-6-15(19)7-9-16/h2-9,12H,10-11H2,1H3,(H,20,21)/t12-/m0/s1. The Morgan fingerprint density at radius 3 is 2.29 bits per heavy atom. The molecule has 1 atom stereocenters. The first-order valence-corrected chi connectivity index (χ1v) is 10.1. The summed E-state index contributed by atoms with van der Waals surface area (Å²) in [6, 6.07) is 13.3. The van der Waals surface area contributed by atoms with Crippen molar-refractivity contribution in [1.29, 1.82) is 0 Å². The molecule has 2 rings (SSSR count). The Bertz CT molecular complexity index is 805. The molecule has 1 amide bonds. The van der Waals surface area contributed by atoms with Crippen molar-refractivity contribution in [2.45, 2.75) is 24.3 Å². The highest BCUT2D eigenvalue weighted by Crippen LogP contribution is 2.18. The SMILES string of the molecule is C[C@H](NC(=O)CCS(=O)(=O)c1ccc(Cl)cc1)c1ccc(Br)cc1. The smallest absolute Gasteiger partial charge is 0.221 e. The van der Waals surface area contributed by atoms with E-state index in [9.17, 15) is 13.2 Å². The highest BCUT2D eigenvalue weighted by atomic mass is 79.9. The van der Waals surface area contributed by atoms with E-state index in [1.807, 2.05) is 31.2 Å². The van der Waals surface area contributed by atoms with Crippen molar-refractivity contribution in [3.8, 4) is 0 Å². The second-order valence-electron chi connectivity index (χ2n) is 5.36. The Balaban J connectivity index is 1.92. The van der Waals surface area contributed by atoms with E-state index in [0.717, 1.165) is 10.0 Å². The molecule has 24 heavy (non-hydrogen) atoms. The van der Waals surface area contributed by atoms with Crippen LogP contribution in [0.4, 0.5) is 0 Å². The zero-order chi connectivity index (χ0) is 17.7. The van der Waals surface area contributed by atoms with Gasteiger partial charge in [0.15, 0.2) is 9.84 Å². The van der Waals surface area contributed by atoms with Gasteiger partial charge in [0.1, 0.15) is 0 Å². The molecule has 0 unspecified atom stereocenters. The summed E-state index contributed by atoms with van der Waals surface area (Å²) in [5.41, 5.74) is 0.951. The maximum atomic E-state index is 12.2. The van der Waals surface area contributed by atoms with Gasteiger partial charge in [-0.3, -0.25) is 4.79 Å². The van der Waals surface area contributed by atoms with Crippen LogP contribution >= 0.6 is 27.5 Å². The summed E-state index contributed by atoms with van der Waals surface area (Å²) in [5.74, 6) is -0.545. The van der Waals surface area contributed by atoms with E-state index in [1.54, 1.807) is 0 Å². The van der Waals surface area contributed by atoms with Gasteiger partial charge < -0.3 is 5.32 Å². The van der Waals surface area contributed by atoms with Crippen molar-refractivity contribution in [3.05, 3.63) is 63.6 Å². The van der Waals surface area contributed by atoms with Gasteiger partial charge in [0.05, 0.1) is 16.7 Å². The fraction of sp³-hybridized carbons (Fsp3) is 0.235. The van der Waals surface area contributed by atoms with Gasteiger partial charge in [0.2, 0.25) is 5.91 Å². The van der Waals surface area contributed by atoms with Crippen LogP contribution < -0.4 is 5.32 Å². The predicted octanol–water partition coefficient (Wildman–Crippen LogP) is 4.14. The number of benzene rings is 2. The first-order valence-electron chi connectivity index (χ1n) is 7.31. The summed E-state index contributed by atoms with van der Waals surface area (Å²) in [6.45, 7) is 1.86. The lowest BCUT2D eigenvalue weighted by molar-refractivity contribution is -0.121. The minimum absolute atomic E-state index is 0.0914. The number of sulfone groups is 1. The summed E-state index contributed by atoms with van der Waals surface area (Å²) in [6.07, 6.45) is -0.0914. The number of hydrogen-bond donors (Lipinski definition) is 1. The van der Waals surface area contributed by atoms with E-state index in [4.69, 9.17) is 11.6 Å². The Morgan fingerprint density at radius 1 is 1.12 bits per heavy atom. The van der Waals surface area contributed by atoms with Crippen molar-refractivity contribution in [3.63, 3.8) is 0 Å². The molecule has 0 bridgehead atoms. The Kier molecular flexibility index (Phi) is 6.43. The average Bonchev–Trinajstić information content (AvgIpc) is 2.54. The molecule has 128 valence electrons. The lowest BCUT2D eigenvalue weighted by Crippen LogP contribution is -2.28. The van der Waals surface area contributed by atoms with Crippen LogP contribution in [0.5, 0.6) is 0 Å². The first kappa shape index (κ1) is 19.0. The Morgan fingerprint density at radius 2 is 1.71 bits per heavy atom. The summed E-state index contributed by atoms with van der Waals surface area (Å²) in [7, 11) is -3.50. The number of halogens is 2. The lowest BCUT2D eigenvalue weighted by Gasteiger charge is -2.14. The largest absolute Gasteiger partial charge is 0.350 e. The Labute approximate surface area is 155 Å². The number of hydrogen-bond acceptors (Lipinski definition) is 3. The maximum absolute atomic E-state index is 12.2. The molecule has 1 N–H and O–H groups in total. The van der Waals surface area contributed by atoms with E-state index >= 15 is 0 Å². The molecule has 0 spiro atoms. The van der Waals surface area contributed by atoms with Crippen LogP contribution in [-0.4, -0.2) is 20.1 Å². The number of rotatable bonds is 6. The topological polar surface area (TPSA) is 63.2 Å². The number of carbonyl (C=O) groups is 1. The second-order valence-corrected chi connectivity index (χ2v) is 8.82. The summed E-state index contributed by atoms with van der Waals surface area (Å²) in [5, 5.41) is 3.28. The monoisotopic (exact) mass is 429 g/mol. The van der Waals surface area contributed by atoms with Gasteiger partial charge in [-0.15, -0.1) is 0 Å². The average molecular weight is 431 g/mol. The summed E-state index contributed by atoms with van der Waals surface area (Å²) in [4.78, 5) is 12.2. The zero-order valence-corrected chi connectivity index (χ0v) is 16.2. The molecule has 4 nitrogen and oxygen atoms in total. The molecule has 0 saturated heterocycles. The number of amides is 1. The molecule has 0 aliphatic rings. The molecule has 0 saturated carbocycles. The number of carbonyl (C=O) groups excluding carboxylic acids is 1. The molecule has 0 aliphatic carbocycles. The second kappa shape index (κ2) is 8.14. The third-order valence-electron chi connectivity index (χ3n) is 3.52. The molecule has 0 radical (unpaired) electrons. The number of nitrogens with one attached hydrogen (secondary N) is 1. The summed E-state index contributed by atoms with van der Waals surface area (Å²) >= 11 is 9.11. The van der Waals surface area contributed by atoms with Crippen molar-refractivity contribution in [2.75, 3.05) is 5.75 Å². The van der Waals surface area contributed by atoms with Crippen LogP contribution in [-0.2, 0) is 14.6 Å². The molecular weight excluding hydrogens is 414 g/mol. The van der Waals surface area contributed by atoms with Crippen molar-refractivity contribution >= 4 is 43.3 Å². The van der Waals surface area contributed by atoms with Gasteiger partial charge in [-0.25, -0.2) is 8.42 Å². The van der Waals surface area contributed by atoms with E-state index in [1.165, 1.54) is 24.3 Å². The molecule has 7 heteroatoms. The third-order valence-corrected chi connectivity index (χ3v) is 6.03. The third kappa shape index (κ3) is 5.33. The fourth-order valence-electron chi connectivity index (χ4n) is 2.14. The highest BCUT2D eigenvalue weighted by Gasteiger charge is 2.17. The van der Waals surface area contributed by atoms with Gasteiger partial charge in [0.25, 0.3) is 0 Å². The van der Waals surface area contributed by atoms with Crippen LogP contribution in [0.25, 0.3) is 0 Å². The van der Waals surface area contributed by atoms with Crippen molar-refractivity contribution in [1.82, 2.24) is 5.32 Å². The van der Waals surface area contributed by atoms with Gasteiger partial charge >= 0.3 is 0 Å². The van der Waals surface area contributed by atoms with E-state index in [0.29, 0.717) is 5.02 Å². The van der Waals surface area contributed by atoms with E-state index in [2.05, 4.69) is 21.2 Å². The van der Waals surface area contributed by atoms with E-state index < -0.39 is 9.84 Å². The van der Waals surface area contributed by atoms with E-state index in [-0.39, 0.29) is 29.0 Å². The minimum Gasteiger partial charge on any atom is -0.350 e. The molecule has 2 aromatic carbocycles. The molecule has 0 fully saturated rings. The first-order chi connectivity index (χ1) is 11.3. The maximum Gasteiger partial charge on any atom is 0.221 e. The molecule has 0 aromatic heterocycles. The fourth-order valence-corrected chi connectivity index (χ4v) is 3.77. The normalized spacial score (nSPS) is 12.6. The molecule has 0 heterocycles. The minimum atomic E-state index is -3.50. The van der Waals surface area contributed by atoms with Gasteiger partial charge in [-0.1, -0.05) is 39.7 Å². The predicted molar refractivity (Wildman–Crippen MR) is 98.8 cm³/mol. The Hall–Kier alpha value is -1.37. The van der Waals surface area contributed by atoms with Crippen LogP contribution in [0, 0.1) is 0 Å². The van der Waals surface area contributed by atoms with Crippen LogP contribution in [0.15, 0.2) is 57.9 Å². The summed E-state index contributed by atoms with van der Waals surface area (Å²) < 4.78 is 25.4. The van der Waals surface area contributed by atoms with Crippen molar-refractivity contribution in [2.24, 2.45) is 0 Å². The molecule has 2 aromatic rings. The van der Waals surface area contributed by atoms with Crippen LogP contribution in [0.1, 0.15) is 24.9 Å². The van der Waals surface area contributed by atoms with Crippen LogP contribution in [0.2, 0.25) is 5.02 Å². The lowest BCUT2D eigenvalue weighted by atomic mass is 10.1. The molecular formula is C17H17BrClNO3S. The van der Waals surface area contributed by atoms with Crippen LogP contribution in [0.3, 0.4) is 0 Å². The highest BCUT2D eigenvalue weighted by molar-refractivity contribution is 9.10.